The normalized spacial score (nSPS) is 9.94. The van der Waals surface area contributed by atoms with Gasteiger partial charge >= 0.3 is 5.97 Å². The SMILES string of the molecule is O=C(O)c1ncncc1Oc1ccccc1Cl. The number of nitrogens with zero attached hydrogens (tertiary/aromatic N) is 2. The summed E-state index contributed by atoms with van der Waals surface area (Å²) in [4.78, 5) is 18.2. The number of carboxylic acids is 1. The summed E-state index contributed by atoms with van der Waals surface area (Å²) in [5.74, 6) is -0.783. The van der Waals surface area contributed by atoms with E-state index in [2.05, 4.69) is 9.97 Å². The van der Waals surface area contributed by atoms with Gasteiger partial charge in [0.15, 0.2) is 11.4 Å². The number of rotatable bonds is 3. The Labute approximate surface area is 102 Å². The van der Waals surface area contributed by atoms with Crippen molar-refractivity contribution < 1.29 is 14.6 Å². The number of aromatic nitrogens is 2. The largest absolute Gasteiger partial charge is 0.476 e. The van der Waals surface area contributed by atoms with Crippen LogP contribution in [0.25, 0.3) is 0 Å². The van der Waals surface area contributed by atoms with Gasteiger partial charge in [0.25, 0.3) is 0 Å². The fourth-order valence-electron chi connectivity index (χ4n) is 1.20. The van der Waals surface area contributed by atoms with Crippen LogP contribution in [-0.4, -0.2) is 21.0 Å². The van der Waals surface area contributed by atoms with Crippen LogP contribution in [0, 0.1) is 0 Å². The highest BCUT2D eigenvalue weighted by atomic mass is 35.5. The van der Waals surface area contributed by atoms with Gasteiger partial charge in [-0.15, -0.1) is 0 Å². The quantitative estimate of drug-likeness (QED) is 0.907. The molecule has 0 spiro atoms. The molecule has 0 atom stereocenters. The van der Waals surface area contributed by atoms with Crippen molar-refractivity contribution in [1.29, 1.82) is 0 Å². The standard InChI is InChI=1S/C11H7ClN2O3/c12-7-3-1-2-4-8(7)17-9-5-13-6-14-10(9)11(15)16/h1-6H,(H,15,16). The summed E-state index contributed by atoms with van der Waals surface area (Å²) in [5, 5.41) is 9.29. The predicted octanol–water partition coefficient (Wildman–Crippen LogP) is 2.62. The van der Waals surface area contributed by atoms with Crippen molar-refractivity contribution in [2.45, 2.75) is 0 Å². The molecule has 17 heavy (non-hydrogen) atoms. The number of benzene rings is 1. The minimum Gasteiger partial charge on any atom is -0.476 e. The van der Waals surface area contributed by atoms with Gasteiger partial charge in [-0.25, -0.2) is 14.8 Å². The van der Waals surface area contributed by atoms with Gasteiger partial charge in [-0.05, 0) is 12.1 Å². The number of para-hydroxylation sites is 1. The Morgan fingerprint density at radius 2 is 2.06 bits per heavy atom. The summed E-state index contributed by atoms with van der Waals surface area (Å²) in [6, 6.07) is 6.74. The van der Waals surface area contributed by atoms with Crippen molar-refractivity contribution in [2.75, 3.05) is 0 Å². The van der Waals surface area contributed by atoms with E-state index in [1.807, 2.05) is 0 Å². The zero-order valence-corrected chi connectivity index (χ0v) is 9.26. The topological polar surface area (TPSA) is 72.3 Å². The number of aromatic carboxylic acids is 1. The summed E-state index contributed by atoms with van der Waals surface area (Å²) < 4.78 is 5.36. The molecule has 0 saturated carbocycles. The van der Waals surface area contributed by atoms with Gasteiger partial charge in [-0.2, -0.15) is 0 Å². The van der Waals surface area contributed by atoms with Crippen molar-refractivity contribution in [1.82, 2.24) is 9.97 Å². The third kappa shape index (κ3) is 2.51. The van der Waals surface area contributed by atoms with E-state index in [0.717, 1.165) is 6.33 Å². The molecule has 0 bridgehead atoms. The molecule has 86 valence electrons. The summed E-state index contributed by atoms with van der Waals surface area (Å²) >= 11 is 5.89. The van der Waals surface area contributed by atoms with E-state index < -0.39 is 5.97 Å². The minimum atomic E-state index is -1.19. The van der Waals surface area contributed by atoms with Crippen molar-refractivity contribution >= 4 is 17.6 Å². The van der Waals surface area contributed by atoms with E-state index in [1.165, 1.54) is 6.20 Å². The summed E-state index contributed by atoms with van der Waals surface area (Å²) in [7, 11) is 0. The Balaban J connectivity index is 2.37. The molecule has 0 amide bonds. The third-order valence-electron chi connectivity index (χ3n) is 1.94. The molecule has 0 aliphatic rings. The number of carbonyl (C=O) groups is 1. The van der Waals surface area contributed by atoms with Crippen LogP contribution in [0.5, 0.6) is 11.5 Å². The summed E-state index contributed by atoms with van der Waals surface area (Å²) in [5.41, 5.74) is -0.208. The molecule has 2 aromatic rings. The molecule has 0 fully saturated rings. The number of ether oxygens (including phenoxy) is 1. The number of carboxylic acid groups (broad SMARTS) is 1. The number of halogens is 1. The Kier molecular flexibility index (Phi) is 3.20. The molecule has 2 rings (SSSR count). The fourth-order valence-corrected chi connectivity index (χ4v) is 1.37. The summed E-state index contributed by atoms with van der Waals surface area (Å²) in [6.07, 6.45) is 2.42. The van der Waals surface area contributed by atoms with Crippen LogP contribution in [0.1, 0.15) is 10.5 Å². The van der Waals surface area contributed by atoms with Gasteiger partial charge in [0.2, 0.25) is 0 Å². The van der Waals surface area contributed by atoms with E-state index >= 15 is 0 Å². The van der Waals surface area contributed by atoms with E-state index in [0.29, 0.717) is 10.8 Å². The van der Waals surface area contributed by atoms with E-state index in [4.69, 9.17) is 21.4 Å². The molecule has 1 heterocycles. The molecular weight excluding hydrogens is 244 g/mol. The number of hydrogen-bond acceptors (Lipinski definition) is 4. The lowest BCUT2D eigenvalue weighted by molar-refractivity contribution is 0.0687. The first-order valence-electron chi connectivity index (χ1n) is 4.64. The van der Waals surface area contributed by atoms with Crippen LogP contribution in [0.3, 0.4) is 0 Å². The maximum absolute atomic E-state index is 10.9. The highest BCUT2D eigenvalue weighted by molar-refractivity contribution is 6.32. The average molecular weight is 251 g/mol. The first kappa shape index (κ1) is 11.3. The van der Waals surface area contributed by atoms with Crippen LogP contribution < -0.4 is 4.74 Å². The highest BCUT2D eigenvalue weighted by Gasteiger charge is 2.14. The molecule has 6 heteroatoms. The zero-order chi connectivity index (χ0) is 12.3. The van der Waals surface area contributed by atoms with Crippen LogP contribution in [0.4, 0.5) is 0 Å². The van der Waals surface area contributed by atoms with E-state index in [9.17, 15) is 4.79 Å². The Hall–Kier alpha value is -2.14. The van der Waals surface area contributed by atoms with Crippen molar-refractivity contribution in [3.63, 3.8) is 0 Å². The van der Waals surface area contributed by atoms with Crippen LogP contribution in [0.2, 0.25) is 5.02 Å². The van der Waals surface area contributed by atoms with Gasteiger partial charge in [-0.1, -0.05) is 23.7 Å². The molecule has 1 aromatic carbocycles. The lowest BCUT2D eigenvalue weighted by Gasteiger charge is -2.08. The maximum atomic E-state index is 10.9. The second-order valence-corrected chi connectivity index (χ2v) is 3.48. The second kappa shape index (κ2) is 4.80. The highest BCUT2D eigenvalue weighted by Crippen LogP contribution is 2.29. The van der Waals surface area contributed by atoms with Crippen molar-refractivity contribution in [2.24, 2.45) is 0 Å². The first-order valence-corrected chi connectivity index (χ1v) is 5.02. The van der Waals surface area contributed by atoms with Gasteiger partial charge in [0, 0.05) is 0 Å². The number of hydrogen-bond donors (Lipinski definition) is 1. The average Bonchev–Trinajstić information content (AvgIpc) is 2.32. The Bertz CT molecular complexity index is 560. The Morgan fingerprint density at radius 3 is 2.76 bits per heavy atom. The molecule has 0 radical (unpaired) electrons. The molecule has 1 N–H and O–H groups in total. The summed E-state index contributed by atoms with van der Waals surface area (Å²) in [6.45, 7) is 0. The van der Waals surface area contributed by atoms with Crippen LogP contribution in [0.15, 0.2) is 36.8 Å². The van der Waals surface area contributed by atoms with Crippen molar-refractivity contribution in [3.8, 4) is 11.5 Å². The van der Waals surface area contributed by atoms with E-state index in [1.54, 1.807) is 24.3 Å². The lowest BCUT2D eigenvalue weighted by atomic mass is 10.3. The molecule has 0 aliphatic carbocycles. The monoisotopic (exact) mass is 250 g/mol. The van der Waals surface area contributed by atoms with Gasteiger partial charge < -0.3 is 9.84 Å². The molecule has 1 aromatic heterocycles. The smallest absolute Gasteiger partial charge is 0.358 e. The second-order valence-electron chi connectivity index (χ2n) is 3.07. The first-order chi connectivity index (χ1) is 8.18. The van der Waals surface area contributed by atoms with Gasteiger partial charge in [0.1, 0.15) is 12.1 Å². The molecular formula is C11H7ClN2O3. The molecule has 0 saturated heterocycles. The van der Waals surface area contributed by atoms with Crippen LogP contribution >= 0.6 is 11.6 Å². The molecule has 0 unspecified atom stereocenters. The maximum Gasteiger partial charge on any atom is 0.358 e. The van der Waals surface area contributed by atoms with Crippen LogP contribution in [-0.2, 0) is 0 Å². The van der Waals surface area contributed by atoms with Gasteiger partial charge in [-0.3, -0.25) is 0 Å². The molecule has 0 aliphatic heterocycles. The predicted molar refractivity (Wildman–Crippen MR) is 60.5 cm³/mol. The fraction of sp³-hybridized carbons (Fsp3) is 0. The Morgan fingerprint density at radius 1 is 1.29 bits per heavy atom. The van der Waals surface area contributed by atoms with Gasteiger partial charge in [0.05, 0.1) is 11.2 Å². The van der Waals surface area contributed by atoms with E-state index in [-0.39, 0.29) is 11.4 Å². The minimum absolute atomic E-state index is 0.0492. The zero-order valence-electron chi connectivity index (χ0n) is 8.50. The molecule has 5 nitrogen and oxygen atoms in total. The lowest BCUT2D eigenvalue weighted by Crippen LogP contribution is -2.03. The third-order valence-corrected chi connectivity index (χ3v) is 2.25. The van der Waals surface area contributed by atoms with Crippen molar-refractivity contribution in [3.05, 3.63) is 47.5 Å².